The van der Waals surface area contributed by atoms with E-state index in [1.165, 1.54) is 32.0 Å². The van der Waals surface area contributed by atoms with Crippen molar-refractivity contribution in [2.45, 2.75) is 31.7 Å². The molecule has 0 spiro atoms. The van der Waals surface area contributed by atoms with E-state index in [1.807, 2.05) is 7.05 Å². The fraction of sp³-hybridized carbons (Fsp3) is 0.600. The molecule has 1 saturated carbocycles. The SMILES string of the molecule is CN(c1ncnc(Cl)c1N)C1CCCC1. The van der Waals surface area contributed by atoms with Gasteiger partial charge in [0.15, 0.2) is 11.0 Å². The number of hydrogen-bond donors (Lipinski definition) is 1. The summed E-state index contributed by atoms with van der Waals surface area (Å²) in [6, 6.07) is 0.540. The molecule has 1 heterocycles. The highest BCUT2D eigenvalue weighted by atomic mass is 35.5. The maximum absolute atomic E-state index is 5.86. The minimum absolute atomic E-state index is 0.338. The summed E-state index contributed by atoms with van der Waals surface area (Å²) in [7, 11) is 2.02. The van der Waals surface area contributed by atoms with E-state index < -0.39 is 0 Å². The monoisotopic (exact) mass is 226 g/mol. The molecule has 1 fully saturated rings. The van der Waals surface area contributed by atoms with Gasteiger partial charge in [-0.1, -0.05) is 24.4 Å². The predicted octanol–water partition coefficient (Wildman–Crippen LogP) is 2.09. The van der Waals surface area contributed by atoms with Gasteiger partial charge in [0.1, 0.15) is 12.0 Å². The van der Waals surface area contributed by atoms with Crippen LogP contribution in [0.15, 0.2) is 6.33 Å². The summed E-state index contributed by atoms with van der Waals surface area (Å²) in [6.07, 6.45) is 6.44. The van der Waals surface area contributed by atoms with Crippen molar-refractivity contribution in [2.24, 2.45) is 0 Å². The maximum atomic E-state index is 5.86. The van der Waals surface area contributed by atoms with E-state index in [0.29, 0.717) is 16.9 Å². The molecule has 0 aromatic carbocycles. The Morgan fingerprint density at radius 1 is 1.40 bits per heavy atom. The minimum atomic E-state index is 0.338. The highest BCUT2D eigenvalue weighted by Gasteiger charge is 2.22. The zero-order valence-corrected chi connectivity index (χ0v) is 9.54. The van der Waals surface area contributed by atoms with Crippen molar-refractivity contribution in [1.82, 2.24) is 9.97 Å². The van der Waals surface area contributed by atoms with E-state index in [1.54, 1.807) is 0 Å². The molecule has 0 unspecified atom stereocenters. The Balaban J connectivity index is 2.24. The Morgan fingerprint density at radius 2 is 2.07 bits per heavy atom. The van der Waals surface area contributed by atoms with Gasteiger partial charge < -0.3 is 10.6 Å². The Labute approximate surface area is 94.5 Å². The van der Waals surface area contributed by atoms with Crippen molar-refractivity contribution < 1.29 is 0 Å². The van der Waals surface area contributed by atoms with Crippen LogP contribution in [0.1, 0.15) is 25.7 Å². The lowest BCUT2D eigenvalue weighted by Crippen LogP contribution is -2.30. The summed E-state index contributed by atoms with van der Waals surface area (Å²) in [5.74, 6) is 0.752. The first kappa shape index (κ1) is 10.5. The molecule has 1 aliphatic carbocycles. The molecular formula is C10H15ClN4. The summed E-state index contributed by atoms with van der Waals surface area (Å²) in [4.78, 5) is 10.2. The molecule has 1 aromatic rings. The van der Waals surface area contributed by atoms with E-state index in [-0.39, 0.29) is 0 Å². The molecule has 4 nitrogen and oxygen atoms in total. The fourth-order valence-electron chi connectivity index (χ4n) is 2.11. The average molecular weight is 227 g/mol. The van der Waals surface area contributed by atoms with E-state index in [4.69, 9.17) is 17.3 Å². The van der Waals surface area contributed by atoms with Crippen molar-refractivity contribution in [2.75, 3.05) is 17.7 Å². The molecular weight excluding hydrogens is 212 g/mol. The van der Waals surface area contributed by atoms with Gasteiger partial charge in [-0.2, -0.15) is 0 Å². The molecule has 2 rings (SSSR count). The fourth-order valence-corrected chi connectivity index (χ4v) is 2.24. The molecule has 0 bridgehead atoms. The number of rotatable bonds is 2. The van der Waals surface area contributed by atoms with Crippen molar-refractivity contribution in [3.05, 3.63) is 11.5 Å². The second-order valence-corrected chi connectivity index (χ2v) is 4.31. The zero-order chi connectivity index (χ0) is 10.8. The van der Waals surface area contributed by atoms with Crippen molar-refractivity contribution in [3.63, 3.8) is 0 Å². The van der Waals surface area contributed by atoms with Crippen LogP contribution < -0.4 is 10.6 Å². The largest absolute Gasteiger partial charge is 0.393 e. The van der Waals surface area contributed by atoms with Crippen LogP contribution in [0.5, 0.6) is 0 Å². The van der Waals surface area contributed by atoms with Crippen LogP contribution >= 0.6 is 11.6 Å². The Kier molecular flexibility index (Phi) is 2.95. The number of halogens is 1. The van der Waals surface area contributed by atoms with Gasteiger partial charge in [-0.3, -0.25) is 0 Å². The summed E-state index contributed by atoms with van der Waals surface area (Å²) >= 11 is 5.86. The molecule has 5 heteroatoms. The van der Waals surface area contributed by atoms with Crippen molar-refractivity contribution >= 4 is 23.1 Å². The van der Waals surface area contributed by atoms with Crippen LogP contribution in [0.4, 0.5) is 11.5 Å². The Hall–Kier alpha value is -1.03. The van der Waals surface area contributed by atoms with Gasteiger partial charge in [-0.25, -0.2) is 9.97 Å². The summed E-state index contributed by atoms with van der Waals surface area (Å²) in [5, 5.41) is 0.338. The number of nitrogens with zero attached hydrogens (tertiary/aromatic N) is 3. The van der Waals surface area contributed by atoms with Crippen molar-refractivity contribution in [3.8, 4) is 0 Å². The van der Waals surface area contributed by atoms with Crippen LogP contribution in [-0.4, -0.2) is 23.1 Å². The molecule has 2 N–H and O–H groups in total. The number of aromatic nitrogens is 2. The summed E-state index contributed by atoms with van der Waals surface area (Å²) in [5.41, 5.74) is 6.33. The molecule has 0 radical (unpaired) electrons. The summed E-state index contributed by atoms with van der Waals surface area (Å²) in [6.45, 7) is 0. The van der Waals surface area contributed by atoms with Gasteiger partial charge in [0, 0.05) is 13.1 Å². The second-order valence-electron chi connectivity index (χ2n) is 3.95. The number of anilines is 2. The van der Waals surface area contributed by atoms with E-state index in [9.17, 15) is 0 Å². The topological polar surface area (TPSA) is 55.0 Å². The lowest BCUT2D eigenvalue weighted by atomic mass is 10.2. The van der Waals surface area contributed by atoms with E-state index >= 15 is 0 Å². The quantitative estimate of drug-likeness (QED) is 0.785. The van der Waals surface area contributed by atoms with E-state index in [2.05, 4.69) is 14.9 Å². The third-order valence-corrected chi connectivity index (χ3v) is 3.32. The molecule has 82 valence electrons. The van der Waals surface area contributed by atoms with Crippen LogP contribution in [0, 0.1) is 0 Å². The van der Waals surface area contributed by atoms with Crippen LogP contribution in [0.25, 0.3) is 0 Å². The third kappa shape index (κ3) is 2.00. The van der Waals surface area contributed by atoms with Crippen LogP contribution in [-0.2, 0) is 0 Å². The highest BCUT2D eigenvalue weighted by molar-refractivity contribution is 6.32. The highest BCUT2D eigenvalue weighted by Crippen LogP contribution is 2.31. The minimum Gasteiger partial charge on any atom is -0.393 e. The number of nitrogen functional groups attached to an aromatic ring is 1. The second kappa shape index (κ2) is 4.23. The van der Waals surface area contributed by atoms with Gasteiger partial charge in [0.25, 0.3) is 0 Å². The van der Waals surface area contributed by atoms with Crippen molar-refractivity contribution in [1.29, 1.82) is 0 Å². The van der Waals surface area contributed by atoms with Gasteiger partial charge in [0.05, 0.1) is 0 Å². The smallest absolute Gasteiger partial charge is 0.157 e. The van der Waals surface area contributed by atoms with Crippen LogP contribution in [0.2, 0.25) is 5.15 Å². The van der Waals surface area contributed by atoms with E-state index in [0.717, 1.165) is 5.82 Å². The first-order valence-electron chi connectivity index (χ1n) is 5.19. The molecule has 1 aliphatic rings. The first-order valence-corrected chi connectivity index (χ1v) is 5.56. The standard InChI is InChI=1S/C10H15ClN4/c1-15(7-4-2-3-5-7)10-8(12)9(11)13-6-14-10/h6-7H,2-5,12H2,1H3. The average Bonchev–Trinajstić information content (AvgIpc) is 2.74. The molecule has 0 amide bonds. The lowest BCUT2D eigenvalue weighted by Gasteiger charge is -2.26. The van der Waals surface area contributed by atoms with Gasteiger partial charge in [-0.15, -0.1) is 0 Å². The Bertz CT molecular complexity index is 349. The normalized spacial score (nSPS) is 16.9. The van der Waals surface area contributed by atoms with Gasteiger partial charge >= 0.3 is 0 Å². The number of nitrogens with two attached hydrogens (primary N) is 1. The Morgan fingerprint density at radius 3 is 2.73 bits per heavy atom. The molecule has 15 heavy (non-hydrogen) atoms. The lowest BCUT2D eigenvalue weighted by molar-refractivity contribution is 0.646. The van der Waals surface area contributed by atoms with Crippen LogP contribution in [0.3, 0.4) is 0 Å². The van der Waals surface area contributed by atoms with Gasteiger partial charge in [-0.05, 0) is 12.8 Å². The zero-order valence-electron chi connectivity index (χ0n) is 8.78. The molecule has 1 aromatic heterocycles. The first-order chi connectivity index (χ1) is 7.20. The third-order valence-electron chi connectivity index (χ3n) is 3.02. The molecule has 0 atom stereocenters. The van der Waals surface area contributed by atoms with Gasteiger partial charge in [0.2, 0.25) is 0 Å². The summed E-state index contributed by atoms with van der Waals surface area (Å²) < 4.78 is 0. The molecule has 0 saturated heterocycles. The predicted molar refractivity (Wildman–Crippen MR) is 62.1 cm³/mol. The maximum Gasteiger partial charge on any atom is 0.157 e. The number of hydrogen-bond acceptors (Lipinski definition) is 4. The molecule has 0 aliphatic heterocycles.